The summed E-state index contributed by atoms with van der Waals surface area (Å²) in [5.74, 6) is -0.605. The quantitative estimate of drug-likeness (QED) is 0.630. The van der Waals surface area contributed by atoms with Gasteiger partial charge in [-0.3, -0.25) is 0 Å². The molecule has 2 aromatic carbocycles. The lowest BCUT2D eigenvalue weighted by Gasteiger charge is -2.05. The van der Waals surface area contributed by atoms with E-state index in [9.17, 15) is 8.78 Å². The molecule has 0 amide bonds. The Hall–Kier alpha value is -2.20. The lowest BCUT2D eigenvalue weighted by Crippen LogP contribution is -2.10. The lowest BCUT2D eigenvalue weighted by atomic mass is 10.1. The molecule has 0 saturated carbocycles. The fourth-order valence-corrected chi connectivity index (χ4v) is 3.06. The topological polar surface area (TPSA) is 95.2 Å². The summed E-state index contributed by atoms with van der Waals surface area (Å²) >= 11 is 6.17. The number of amidine groups is 2. The monoisotopic (exact) mass is 516 g/mol. The van der Waals surface area contributed by atoms with Crippen LogP contribution in [0.25, 0.3) is 0 Å². The zero-order chi connectivity index (χ0) is 20.3. The lowest BCUT2D eigenvalue weighted by molar-refractivity contribution is 0.314. The summed E-state index contributed by atoms with van der Waals surface area (Å²) in [5, 5.41) is 0. The molecule has 10 heteroatoms. The summed E-state index contributed by atoms with van der Waals surface area (Å²) in [4.78, 5) is 8.04. The fraction of sp³-hybridized carbons (Fsp3) is 0.222. The van der Waals surface area contributed by atoms with Crippen molar-refractivity contribution in [1.82, 2.24) is 0 Å². The van der Waals surface area contributed by atoms with Crippen molar-refractivity contribution in [2.45, 2.75) is 12.1 Å². The number of nitrogens with two attached hydrogens (primary N) is 2. The van der Waals surface area contributed by atoms with Crippen LogP contribution in [0.1, 0.15) is 23.2 Å². The first kappa shape index (κ1) is 20.5. The molecule has 0 radical (unpaired) electrons. The maximum Gasteiger partial charge on any atom is 0.282 e. The molecular weight excluding hydrogens is 502 g/mol. The van der Waals surface area contributed by atoms with E-state index < -0.39 is 0 Å². The summed E-state index contributed by atoms with van der Waals surface area (Å²) < 4.78 is 37.2. The van der Waals surface area contributed by atoms with Crippen LogP contribution in [-0.2, 0) is 9.47 Å². The summed E-state index contributed by atoms with van der Waals surface area (Å²) in [6, 6.07) is 9.71. The predicted molar refractivity (Wildman–Crippen MR) is 109 cm³/mol. The Balaban J connectivity index is 0.000000161. The Labute approximate surface area is 176 Å². The van der Waals surface area contributed by atoms with Crippen LogP contribution in [0.15, 0.2) is 55.3 Å². The van der Waals surface area contributed by atoms with Crippen molar-refractivity contribution in [2.75, 3.05) is 13.2 Å². The van der Waals surface area contributed by atoms with Crippen LogP contribution in [0.2, 0.25) is 0 Å². The molecule has 2 aliphatic heterocycles. The Bertz CT molecular complexity index is 864. The van der Waals surface area contributed by atoms with E-state index in [-0.39, 0.29) is 35.8 Å². The van der Waals surface area contributed by atoms with Crippen molar-refractivity contribution in [1.29, 1.82) is 0 Å². The van der Waals surface area contributed by atoms with Crippen LogP contribution in [0.3, 0.4) is 0 Å². The van der Waals surface area contributed by atoms with Crippen LogP contribution in [0, 0.1) is 11.6 Å². The molecule has 0 bridgehead atoms. The van der Waals surface area contributed by atoms with Gasteiger partial charge < -0.3 is 20.9 Å². The first-order valence-electron chi connectivity index (χ1n) is 8.15. The smallest absolute Gasteiger partial charge is 0.282 e. The van der Waals surface area contributed by atoms with Crippen molar-refractivity contribution >= 4 is 43.9 Å². The van der Waals surface area contributed by atoms with Crippen LogP contribution in [0.4, 0.5) is 8.78 Å². The van der Waals surface area contributed by atoms with Gasteiger partial charge in [0.05, 0.1) is 8.95 Å². The van der Waals surface area contributed by atoms with Gasteiger partial charge in [0.25, 0.3) is 12.0 Å². The summed E-state index contributed by atoms with van der Waals surface area (Å²) in [7, 11) is 0. The van der Waals surface area contributed by atoms with Gasteiger partial charge in [-0.1, -0.05) is 12.1 Å². The van der Waals surface area contributed by atoms with Crippen molar-refractivity contribution < 1.29 is 18.3 Å². The highest BCUT2D eigenvalue weighted by atomic mass is 79.9. The van der Waals surface area contributed by atoms with Crippen LogP contribution in [0.5, 0.6) is 0 Å². The Morgan fingerprint density at radius 3 is 1.46 bits per heavy atom. The third kappa shape index (κ3) is 4.99. The molecule has 4 N–H and O–H groups in total. The van der Waals surface area contributed by atoms with Gasteiger partial charge in [0.15, 0.2) is 0 Å². The van der Waals surface area contributed by atoms with Gasteiger partial charge in [0.2, 0.25) is 0 Å². The third-order valence-electron chi connectivity index (χ3n) is 4.00. The number of benzene rings is 2. The van der Waals surface area contributed by atoms with E-state index in [1.54, 1.807) is 24.3 Å². The number of hydrogen-bond donors (Lipinski definition) is 2. The molecule has 2 atom stereocenters. The van der Waals surface area contributed by atoms with Crippen molar-refractivity contribution in [3.05, 3.63) is 68.1 Å². The summed E-state index contributed by atoms with van der Waals surface area (Å²) in [5.41, 5.74) is 12.2. The summed E-state index contributed by atoms with van der Waals surface area (Å²) in [6.07, 6.45) is 0. The number of nitrogens with zero attached hydrogens (tertiary/aromatic N) is 2. The number of rotatable bonds is 2. The average Bonchev–Trinajstić information content (AvgIpc) is 3.29. The SMILES string of the molecule is NC1=N[C@@H](c2ccc(Br)c(F)c2)CO1.NC1=N[C@H](c2ccc(Br)c(F)c2)CO1. The molecule has 2 aromatic rings. The maximum atomic E-state index is 13.2. The minimum atomic E-state index is -0.303. The van der Waals surface area contributed by atoms with Crippen LogP contribution >= 0.6 is 31.9 Å². The van der Waals surface area contributed by atoms with Gasteiger partial charge in [0, 0.05) is 0 Å². The molecule has 6 nitrogen and oxygen atoms in total. The highest BCUT2D eigenvalue weighted by Gasteiger charge is 2.20. The third-order valence-corrected chi connectivity index (χ3v) is 5.29. The van der Waals surface area contributed by atoms with Gasteiger partial charge in [-0.25, -0.2) is 18.8 Å². The zero-order valence-electron chi connectivity index (χ0n) is 14.4. The van der Waals surface area contributed by atoms with Crippen molar-refractivity contribution in [2.24, 2.45) is 21.5 Å². The van der Waals surface area contributed by atoms with E-state index in [2.05, 4.69) is 41.8 Å². The van der Waals surface area contributed by atoms with E-state index in [4.69, 9.17) is 20.9 Å². The molecule has 0 spiro atoms. The molecule has 0 saturated heterocycles. The molecule has 0 unspecified atom stereocenters. The summed E-state index contributed by atoms with van der Waals surface area (Å²) in [6.45, 7) is 0.764. The number of halogens is 4. The normalized spacial score (nSPS) is 20.4. The maximum absolute atomic E-state index is 13.2. The minimum absolute atomic E-state index is 0.165. The standard InChI is InChI=1S/2C9H8BrFN2O/c2*10-6-2-1-5(3-7(6)11)8-4-14-9(12)13-8/h2*1-3,8H,4H2,(H2,12,13)/t2*8-/m10/s1. The van der Waals surface area contributed by atoms with Gasteiger partial charge in [-0.2, -0.15) is 0 Å². The van der Waals surface area contributed by atoms with Gasteiger partial charge >= 0.3 is 0 Å². The number of hydrogen-bond acceptors (Lipinski definition) is 6. The van der Waals surface area contributed by atoms with Gasteiger partial charge in [-0.15, -0.1) is 0 Å². The molecule has 4 rings (SSSR count). The molecule has 2 heterocycles. The van der Waals surface area contributed by atoms with Crippen LogP contribution in [-0.4, -0.2) is 25.3 Å². The second kappa shape index (κ2) is 8.87. The Kier molecular flexibility index (Phi) is 6.50. The molecular formula is C18H16Br2F2N4O2. The Morgan fingerprint density at radius 2 is 1.18 bits per heavy atom. The molecule has 0 fully saturated rings. The van der Waals surface area contributed by atoms with Gasteiger partial charge in [-0.05, 0) is 67.3 Å². The van der Waals surface area contributed by atoms with Crippen molar-refractivity contribution in [3.8, 4) is 0 Å². The van der Waals surface area contributed by atoms with E-state index in [0.29, 0.717) is 22.2 Å². The zero-order valence-corrected chi connectivity index (χ0v) is 17.6. The number of aliphatic imine (C=N–C) groups is 2. The van der Waals surface area contributed by atoms with Crippen molar-refractivity contribution in [3.63, 3.8) is 0 Å². The van der Waals surface area contributed by atoms with E-state index >= 15 is 0 Å². The Morgan fingerprint density at radius 1 is 0.786 bits per heavy atom. The molecule has 28 heavy (non-hydrogen) atoms. The highest BCUT2D eigenvalue weighted by Crippen LogP contribution is 2.26. The van der Waals surface area contributed by atoms with E-state index in [1.807, 2.05) is 0 Å². The largest absolute Gasteiger partial charge is 0.463 e. The van der Waals surface area contributed by atoms with Crippen LogP contribution < -0.4 is 11.5 Å². The molecule has 148 valence electrons. The van der Waals surface area contributed by atoms with E-state index in [0.717, 1.165) is 11.1 Å². The first-order valence-corrected chi connectivity index (χ1v) is 9.74. The number of ether oxygens (including phenoxy) is 2. The molecule has 2 aliphatic rings. The highest BCUT2D eigenvalue weighted by molar-refractivity contribution is 9.10. The first-order chi connectivity index (χ1) is 13.3. The molecule has 0 aromatic heterocycles. The molecule has 0 aliphatic carbocycles. The predicted octanol–water partition coefficient (Wildman–Crippen LogP) is 3.95. The fourth-order valence-electron chi connectivity index (χ4n) is 2.57. The second-order valence-electron chi connectivity index (χ2n) is 5.94. The average molecular weight is 518 g/mol. The van der Waals surface area contributed by atoms with E-state index in [1.165, 1.54) is 12.1 Å². The van der Waals surface area contributed by atoms with Gasteiger partial charge in [0.1, 0.15) is 36.9 Å². The minimum Gasteiger partial charge on any atom is -0.463 e. The second-order valence-corrected chi connectivity index (χ2v) is 7.64.